The van der Waals surface area contributed by atoms with Crippen LogP contribution in [0, 0.1) is 20.8 Å². The molecule has 0 fully saturated rings. The predicted octanol–water partition coefficient (Wildman–Crippen LogP) is 5.20. The number of nitrogens with one attached hydrogen (secondary N) is 5. The number of hydrogen-bond donors (Lipinski definition) is 7. The van der Waals surface area contributed by atoms with Gasteiger partial charge in [-0.2, -0.15) is 0 Å². The van der Waals surface area contributed by atoms with Crippen LogP contribution in [-0.2, 0) is 0 Å². The maximum Gasteiger partial charge on any atom is 0.335 e. The van der Waals surface area contributed by atoms with E-state index in [4.69, 9.17) is 10.8 Å². The van der Waals surface area contributed by atoms with Crippen LogP contribution in [0.25, 0.3) is 0 Å². The second-order valence-corrected chi connectivity index (χ2v) is 12.9. The van der Waals surface area contributed by atoms with Crippen molar-refractivity contribution in [2.75, 3.05) is 21.1 Å². The average molecular weight is 751 g/mol. The highest BCUT2D eigenvalue weighted by atomic mass is 16.4. The molecular formula is C42H50N6O7. The number of aromatic carboxylic acids is 1. The maximum atomic E-state index is 12.0. The molecule has 13 nitrogen and oxygen atoms in total. The minimum absolute atomic E-state index is 0.149. The van der Waals surface area contributed by atoms with Gasteiger partial charge >= 0.3 is 5.97 Å². The molecule has 3 aromatic rings. The van der Waals surface area contributed by atoms with Crippen LogP contribution < -0.4 is 32.3 Å². The number of hydrogen-bond acceptors (Lipinski definition) is 7. The Morgan fingerprint density at radius 1 is 0.509 bits per heavy atom. The highest BCUT2D eigenvalue weighted by molar-refractivity contribution is 6.02. The highest BCUT2D eigenvalue weighted by Gasteiger charge is 2.17. The van der Waals surface area contributed by atoms with Crippen LogP contribution in [-0.4, -0.2) is 61.8 Å². The summed E-state index contributed by atoms with van der Waals surface area (Å²) in [6.45, 7) is 5.41. The zero-order valence-corrected chi connectivity index (χ0v) is 32.1. The van der Waals surface area contributed by atoms with Gasteiger partial charge in [0.15, 0.2) is 0 Å². The number of carboxylic acids is 1. The summed E-state index contributed by atoms with van der Waals surface area (Å²) < 4.78 is 0. The first kappa shape index (κ1) is 42.9. The van der Waals surface area contributed by atoms with E-state index in [1.54, 1.807) is 69.6 Å². The lowest BCUT2D eigenvalue weighted by molar-refractivity contribution is 0.0695. The number of carbonyl (C=O) groups is 6. The van der Waals surface area contributed by atoms with E-state index < -0.39 is 5.97 Å². The number of carboxylic acid groups (broad SMARTS) is 1. The molecule has 3 aromatic carbocycles. The van der Waals surface area contributed by atoms with E-state index in [0.717, 1.165) is 60.3 Å². The van der Waals surface area contributed by atoms with Gasteiger partial charge in [0.25, 0.3) is 29.5 Å². The van der Waals surface area contributed by atoms with Gasteiger partial charge in [0.05, 0.1) is 5.56 Å². The fraction of sp³-hybridized carbons (Fsp3) is 0.286. The molecule has 6 rings (SSSR count). The smallest absolute Gasteiger partial charge is 0.335 e. The Morgan fingerprint density at radius 2 is 0.800 bits per heavy atom. The monoisotopic (exact) mass is 750 g/mol. The molecule has 5 amide bonds. The number of nitrogens with two attached hydrogens (primary N) is 1. The lowest BCUT2D eigenvalue weighted by atomic mass is 10.0. The number of rotatable bonds is 8. The van der Waals surface area contributed by atoms with Gasteiger partial charge in [0.1, 0.15) is 0 Å². The summed E-state index contributed by atoms with van der Waals surface area (Å²) in [4.78, 5) is 69.1. The van der Waals surface area contributed by atoms with Crippen molar-refractivity contribution in [2.45, 2.75) is 59.3 Å². The summed E-state index contributed by atoms with van der Waals surface area (Å²) in [7, 11) is 4.64. The second kappa shape index (κ2) is 20.7. The average Bonchev–Trinajstić information content (AvgIpc) is 3.13. The maximum absolute atomic E-state index is 12.0. The summed E-state index contributed by atoms with van der Waals surface area (Å²) in [5, 5.41) is 22.0. The predicted molar refractivity (Wildman–Crippen MR) is 212 cm³/mol. The summed E-state index contributed by atoms with van der Waals surface area (Å²) >= 11 is 0. The molecular weight excluding hydrogens is 700 g/mol. The van der Waals surface area contributed by atoms with E-state index in [9.17, 15) is 28.8 Å². The third-order valence-corrected chi connectivity index (χ3v) is 8.90. The molecule has 0 radical (unpaired) electrons. The molecule has 0 heterocycles. The fourth-order valence-corrected chi connectivity index (χ4v) is 4.98. The number of benzene rings is 3. The lowest BCUT2D eigenvalue weighted by Crippen LogP contribution is -2.26. The Bertz CT molecular complexity index is 1950. The second-order valence-electron chi connectivity index (χ2n) is 12.9. The van der Waals surface area contributed by atoms with Crippen molar-refractivity contribution in [3.8, 4) is 0 Å². The molecule has 3 aliphatic carbocycles. The topological polar surface area (TPSA) is 209 Å². The third-order valence-electron chi connectivity index (χ3n) is 8.90. The number of aryl methyl sites for hydroxylation is 3. The van der Waals surface area contributed by atoms with Crippen LogP contribution in [0.3, 0.4) is 0 Å². The number of amides is 5. The molecule has 3 aliphatic rings. The minimum atomic E-state index is -1.02. The Kier molecular flexibility index (Phi) is 16.1. The van der Waals surface area contributed by atoms with Gasteiger partial charge in [0.2, 0.25) is 0 Å². The Morgan fingerprint density at radius 3 is 1.04 bits per heavy atom. The van der Waals surface area contributed by atoms with Crippen molar-refractivity contribution in [1.29, 1.82) is 0 Å². The molecule has 0 unspecified atom stereocenters. The first-order valence-electron chi connectivity index (χ1n) is 17.9. The molecule has 55 heavy (non-hydrogen) atoms. The van der Waals surface area contributed by atoms with Gasteiger partial charge in [-0.1, -0.05) is 36.4 Å². The molecule has 0 aliphatic heterocycles. The molecule has 0 atom stereocenters. The number of allylic oxidation sites excluding steroid dienone is 6. The van der Waals surface area contributed by atoms with Crippen molar-refractivity contribution < 1.29 is 33.9 Å². The summed E-state index contributed by atoms with van der Waals surface area (Å²) in [5.74, 6) is -1.98. The van der Waals surface area contributed by atoms with Crippen molar-refractivity contribution in [3.63, 3.8) is 0 Å². The van der Waals surface area contributed by atoms with Crippen molar-refractivity contribution in [1.82, 2.24) is 26.6 Å². The largest absolute Gasteiger partial charge is 0.478 e. The lowest BCUT2D eigenvalue weighted by Gasteiger charge is -2.16. The van der Waals surface area contributed by atoms with Crippen molar-refractivity contribution >= 4 is 35.5 Å². The zero-order chi connectivity index (χ0) is 40.7. The van der Waals surface area contributed by atoms with E-state index in [2.05, 4.69) is 26.6 Å². The summed E-state index contributed by atoms with van der Waals surface area (Å²) in [6, 6.07) is 14.8. The van der Waals surface area contributed by atoms with Crippen LogP contribution in [0.2, 0.25) is 0 Å². The van der Waals surface area contributed by atoms with Crippen LogP contribution in [0.5, 0.6) is 0 Å². The van der Waals surface area contributed by atoms with E-state index in [-0.39, 0.29) is 35.1 Å². The highest BCUT2D eigenvalue weighted by Crippen LogP contribution is 2.19. The van der Waals surface area contributed by atoms with E-state index >= 15 is 0 Å². The first-order chi connectivity index (χ1) is 26.2. The quantitative estimate of drug-likeness (QED) is 0.162. The Hall–Kier alpha value is -6.50. The summed E-state index contributed by atoms with van der Waals surface area (Å²) in [5.41, 5.74) is 13.2. The molecule has 0 spiro atoms. The standard InChI is InChI=1S/2C14H16N2O2.C10H11NO3.C4H7N/c2*1-9-6-7-10(13(17)15-2)8-12(9)14(18)16-11-4-3-5-11;1-6-3-4-7(9(12)11-2)5-8(6)10(13)14;5-4-2-1-3-4/h2*4,6-8H,3,5H2,1-2H3,(H,15,17)(H,16,18);3-5H,1-2H3,(H,11,12)(H,13,14);2H,1,3,5H2. The molecule has 0 aromatic heterocycles. The van der Waals surface area contributed by atoms with E-state index in [0.29, 0.717) is 33.4 Å². The van der Waals surface area contributed by atoms with Gasteiger partial charge < -0.3 is 37.4 Å². The van der Waals surface area contributed by atoms with Crippen molar-refractivity contribution in [3.05, 3.63) is 140 Å². The van der Waals surface area contributed by atoms with E-state index in [1.165, 1.54) is 19.5 Å². The first-order valence-corrected chi connectivity index (χ1v) is 17.9. The SMILES string of the molecule is CNC(=O)c1ccc(C)c(C(=O)NC2=CCC2)c1.CNC(=O)c1ccc(C)c(C(=O)NC2=CCC2)c1.CNC(=O)c1ccc(C)c(C(=O)O)c1.NC1=CCC1. The minimum Gasteiger partial charge on any atom is -0.478 e. The van der Waals surface area contributed by atoms with Crippen LogP contribution in [0.4, 0.5) is 0 Å². The molecule has 290 valence electrons. The Balaban J connectivity index is 0.000000209. The van der Waals surface area contributed by atoms with Crippen molar-refractivity contribution in [2.24, 2.45) is 5.73 Å². The molecule has 0 saturated heterocycles. The number of carbonyl (C=O) groups excluding carboxylic acids is 5. The summed E-state index contributed by atoms with van der Waals surface area (Å²) in [6.07, 6.45) is 12.2. The van der Waals surface area contributed by atoms with Gasteiger partial charge in [-0.15, -0.1) is 0 Å². The third kappa shape index (κ3) is 12.6. The normalized spacial score (nSPS) is 13.0. The molecule has 0 bridgehead atoms. The zero-order valence-electron chi connectivity index (χ0n) is 32.1. The Labute approximate surface area is 321 Å². The van der Waals surface area contributed by atoms with Crippen LogP contribution in [0.1, 0.15) is 117 Å². The van der Waals surface area contributed by atoms with Gasteiger partial charge in [-0.25, -0.2) is 4.79 Å². The van der Waals surface area contributed by atoms with Gasteiger partial charge in [-0.05, 0) is 112 Å². The van der Waals surface area contributed by atoms with Crippen LogP contribution >= 0.6 is 0 Å². The van der Waals surface area contributed by atoms with Crippen LogP contribution in [0.15, 0.2) is 89.9 Å². The van der Waals surface area contributed by atoms with Gasteiger partial charge in [0, 0.05) is 66.1 Å². The van der Waals surface area contributed by atoms with Gasteiger partial charge in [-0.3, -0.25) is 24.0 Å². The van der Waals surface area contributed by atoms with E-state index in [1.807, 2.05) is 32.1 Å². The molecule has 0 saturated carbocycles. The molecule has 8 N–H and O–H groups in total. The molecule has 13 heteroatoms. The fourth-order valence-electron chi connectivity index (χ4n) is 4.98.